The smallest absolute Gasteiger partial charge is 0.343 e. The van der Waals surface area contributed by atoms with Crippen LogP contribution in [-0.4, -0.2) is 41.3 Å². The molecule has 9 nitrogen and oxygen atoms in total. The average Bonchev–Trinajstić information content (AvgIpc) is 3.44. The molecule has 0 radical (unpaired) electrons. The summed E-state index contributed by atoms with van der Waals surface area (Å²) in [5.41, 5.74) is 2.31. The molecule has 1 aliphatic heterocycles. The second kappa shape index (κ2) is 7.99. The number of hydrogen-bond acceptors (Lipinski definition) is 7. The molecule has 1 atom stereocenters. The molecule has 0 spiro atoms. The van der Waals surface area contributed by atoms with Gasteiger partial charge in [0.15, 0.2) is 17.3 Å². The first-order chi connectivity index (χ1) is 15.6. The Labute approximate surface area is 184 Å². The molecule has 1 saturated carbocycles. The van der Waals surface area contributed by atoms with Crippen molar-refractivity contribution in [3.63, 3.8) is 0 Å². The maximum absolute atomic E-state index is 12.7. The molecule has 2 aromatic carbocycles. The van der Waals surface area contributed by atoms with Gasteiger partial charge in [0.1, 0.15) is 17.5 Å². The van der Waals surface area contributed by atoms with Crippen LogP contribution >= 0.6 is 0 Å². The van der Waals surface area contributed by atoms with Crippen LogP contribution in [0, 0.1) is 0 Å². The highest BCUT2D eigenvalue weighted by molar-refractivity contribution is 5.99. The van der Waals surface area contributed by atoms with E-state index in [1.54, 1.807) is 18.2 Å². The van der Waals surface area contributed by atoms with Gasteiger partial charge in [-0.2, -0.15) is 5.10 Å². The van der Waals surface area contributed by atoms with E-state index in [0.29, 0.717) is 40.1 Å². The number of carbonyl (C=O) groups is 2. The van der Waals surface area contributed by atoms with Gasteiger partial charge in [0.05, 0.1) is 20.6 Å². The summed E-state index contributed by atoms with van der Waals surface area (Å²) in [7, 11) is 2.95. The van der Waals surface area contributed by atoms with Crippen LogP contribution in [0.5, 0.6) is 11.5 Å². The third-order valence-electron chi connectivity index (χ3n) is 5.62. The number of hydrogen-bond donors (Lipinski definition) is 2. The number of cyclic esters (lactones) is 1. The zero-order valence-corrected chi connectivity index (χ0v) is 17.7. The van der Waals surface area contributed by atoms with Gasteiger partial charge in [-0.1, -0.05) is 18.2 Å². The topological polar surface area (TPSA) is 115 Å². The maximum atomic E-state index is 12.7. The number of esters is 1. The highest BCUT2D eigenvalue weighted by Gasteiger charge is 2.37. The highest BCUT2D eigenvalue weighted by atomic mass is 16.6. The fourth-order valence-corrected chi connectivity index (χ4v) is 3.88. The SMILES string of the molecule is COc1ccc2c(c1OC)C(=O)O[C@H]2CC(=O)Nc1cccc(-c2n[nH]c(C3CC3)n2)c1. The largest absolute Gasteiger partial charge is 0.493 e. The number of amides is 1. The molecule has 32 heavy (non-hydrogen) atoms. The van der Waals surface area contributed by atoms with Crippen molar-refractivity contribution < 1.29 is 23.8 Å². The quantitative estimate of drug-likeness (QED) is 0.546. The van der Waals surface area contributed by atoms with Gasteiger partial charge in [0.2, 0.25) is 5.91 Å². The minimum Gasteiger partial charge on any atom is -0.493 e. The first kappa shape index (κ1) is 20.0. The summed E-state index contributed by atoms with van der Waals surface area (Å²) in [5.74, 6) is 1.91. The van der Waals surface area contributed by atoms with E-state index < -0.39 is 12.1 Å². The van der Waals surface area contributed by atoms with Crippen molar-refractivity contribution in [1.82, 2.24) is 15.2 Å². The molecule has 0 bridgehead atoms. The Kier molecular flexibility index (Phi) is 5.01. The van der Waals surface area contributed by atoms with Crippen molar-refractivity contribution >= 4 is 17.6 Å². The second-order valence-corrected chi connectivity index (χ2v) is 7.81. The zero-order valence-electron chi connectivity index (χ0n) is 17.7. The summed E-state index contributed by atoms with van der Waals surface area (Å²) >= 11 is 0. The number of rotatable bonds is 7. The Morgan fingerprint density at radius 2 is 2.06 bits per heavy atom. The Hall–Kier alpha value is -3.88. The number of methoxy groups -OCH3 is 2. The van der Waals surface area contributed by atoms with E-state index in [9.17, 15) is 9.59 Å². The van der Waals surface area contributed by atoms with E-state index in [1.807, 2.05) is 18.2 Å². The third kappa shape index (κ3) is 3.66. The van der Waals surface area contributed by atoms with Gasteiger partial charge in [0, 0.05) is 22.7 Å². The molecule has 1 aromatic heterocycles. The normalized spacial score (nSPS) is 16.9. The minimum atomic E-state index is -0.699. The van der Waals surface area contributed by atoms with Crippen LogP contribution in [0.25, 0.3) is 11.4 Å². The Balaban J connectivity index is 1.30. The average molecular weight is 434 g/mol. The van der Waals surface area contributed by atoms with Crippen LogP contribution in [0.3, 0.4) is 0 Å². The van der Waals surface area contributed by atoms with E-state index in [1.165, 1.54) is 14.2 Å². The molecule has 0 unspecified atom stereocenters. The summed E-state index contributed by atoms with van der Waals surface area (Å²) < 4.78 is 16.0. The van der Waals surface area contributed by atoms with E-state index in [2.05, 4.69) is 20.5 Å². The summed E-state index contributed by atoms with van der Waals surface area (Å²) in [6.07, 6.45) is 1.55. The first-order valence-corrected chi connectivity index (χ1v) is 10.4. The number of nitrogens with zero attached hydrogens (tertiary/aromatic N) is 2. The van der Waals surface area contributed by atoms with Gasteiger partial charge in [-0.05, 0) is 31.0 Å². The predicted octanol–water partition coefficient (Wildman–Crippen LogP) is 3.61. The number of anilines is 1. The Bertz CT molecular complexity index is 1200. The Morgan fingerprint density at radius 1 is 1.22 bits per heavy atom. The fourth-order valence-electron chi connectivity index (χ4n) is 3.88. The van der Waals surface area contributed by atoms with E-state index in [0.717, 1.165) is 24.2 Å². The van der Waals surface area contributed by atoms with E-state index in [-0.39, 0.29) is 12.3 Å². The molecule has 9 heteroatoms. The number of benzene rings is 2. The summed E-state index contributed by atoms with van der Waals surface area (Å²) in [6, 6.07) is 10.8. The van der Waals surface area contributed by atoms with Gasteiger partial charge in [-0.15, -0.1) is 0 Å². The summed E-state index contributed by atoms with van der Waals surface area (Å²) in [5, 5.41) is 10.1. The molecule has 1 fully saturated rings. The molecular weight excluding hydrogens is 412 g/mol. The van der Waals surface area contributed by atoms with Crippen LogP contribution in [0.15, 0.2) is 36.4 Å². The standard InChI is InChI=1S/C23H22N4O5/c1-30-16-9-8-15-17(32-23(29)19(15)20(16)31-2)11-18(28)24-14-5-3-4-13(10-14)22-25-21(26-27-22)12-6-7-12/h3-5,8-10,12,17H,6-7,11H2,1-2H3,(H,24,28)(H,25,26,27)/t17-/m0/s1. The molecule has 1 aliphatic carbocycles. The number of aromatic amines is 1. The van der Waals surface area contributed by atoms with Crippen LogP contribution in [-0.2, 0) is 9.53 Å². The molecular formula is C23H22N4O5. The number of carbonyl (C=O) groups excluding carboxylic acids is 2. The summed E-state index contributed by atoms with van der Waals surface area (Å²) in [6.45, 7) is 0. The van der Waals surface area contributed by atoms with Gasteiger partial charge in [0.25, 0.3) is 0 Å². The van der Waals surface area contributed by atoms with E-state index in [4.69, 9.17) is 14.2 Å². The molecule has 164 valence electrons. The molecule has 1 amide bonds. The van der Waals surface area contributed by atoms with Crippen LogP contribution in [0.4, 0.5) is 5.69 Å². The monoisotopic (exact) mass is 434 g/mol. The molecule has 2 heterocycles. The van der Waals surface area contributed by atoms with Crippen molar-refractivity contribution in [2.45, 2.75) is 31.3 Å². The van der Waals surface area contributed by atoms with Crippen molar-refractivity contribution in [3.05, 3.63) is 53.3 Å². The minimum absolute atomic E-state index is 0.0229. The molecule has 2 N–H and O–H groups in total. The van der Waals surface area contributed by atoms with Crippen molar-refractivity contribution in [1.29, 1.82) is 0 Å². The number of ether oxygens (including phenoxy) is 3. The second-order valence-electron chi connectivity index (χ2n) is 7.81. The van der Waals surface area contributed by atoms with Gasteiger partial charge >= 0.3 is 5.97 Å². The first-order valence-electron chi connectivity index (χ1n) is 10.4. The van der Waals surface area contributed by atoms with Crippen LogP contribution in [0.1, 0.15) is 53.0 Å². The number of fused-ring (bicyclic) bond motifs is 1. The Morgan fingerprint density at radius 3 is 2.81 bits per heavy atom. The van der Waals surface area contributed by atoms with Crippen LogP contribution < -0.4 is 14.8 Å². The number of H-pyrrole nitrogens is 1. The van der Waals surface area contributed by atoms with Gasteiger partial charge in [-0.3, -0.25) is 9.89 Å². The highest BCUT2D eigenvalue weighted by Crippen LogP contribution is 2.43. The third-order valence-corrected chi connectivity index (χ3v) is 5.62. The molecule has 3 aromatic rings. The van der Waals surface area contributed by atoms with E-state index >= 15 is 0 Å². The lowest BCUT2D eigenvalue weighted by Crippen LogP contribution is -2.15. The van der Waals surface area contributed by atoms with Crippen molar-refractivity contribution in [2.75, 3.05) is 19.5 Å². The van der Waals surface area contributed by atoms with Crippen molar-refractivity contribution in [2.24, 2.45) is 0 Å². The lowest BCUT2D eigenvalue weighted by atomic mass is 10.0. The zero-order chi connectivity index (χ0) is 22.2. The summed E-state index contributed by atoms with van der Waals surface area (Å²) in [4.78, 5) is 29.7. The fraction of sp³-hybridized carbons (Fsp3) is 0.304. The van der Waals surface area contributed by atoms with Gasteiger partial charge < -0.3 is 19.5 Å². The number of aromatic nitrogens is 3. The molecule has 2 aliphatic rings. The lowest BCUT2D eigenvalue weighted by Gasteiger charge is -2.13. The molecule has 0 saturated heterocycles. The number of nitrogens with one attached hydrogen (secondary N) is 2. The van der Waals surface area contributed by atoms with Crippen molar-refractivity contribution in [3.8, 4) is 22.9 Å². The van der Waals surface area contributed by atoms with Crippen LogP contribution in [0.2, 0.25) is 0 Å². The van der Waals surface area contributed by atoms with Gasteiger partial charge in [-0.25, -0.2) is 9.78 Å². The lowest BCUT2D eigenvalue weighted by molar-refractivity contribution is -0.118. The predicted molar refractivity (Wildman–Crippen MR) is 115 cm³/mol. The maximum Gasteiger partial charge on any atom is 0.343 e. The molecule has 5 rings (SSSR count).